The lowest BCUT2D eigenvalue weighted by Gasteiger charge is -2.10. The molecule has 0 saturated carbocycles. The van der Waals surface area contributed by atoms with Gasteiger partial charge >= 0.3 is 6.18 Å². The zero-order valence-electron chi connectivity index (χ0n) is 9.07. The molecule has 2 amide bonds. The van der Waals surface area contributed by atoms with Crippen molar-refractivity contribution in [3.05, 3.63) is 47.5 Å². The van der Waals surface area contributed by atoms with Crippen LogP contribution in [0, 0.1) is 0 Å². The summed E-state index contributed by atoms with van der Waals surface area (Å²) in [6.07, 6.45) is -3.68. The normalized spacial score (nSPS) is 15.6. The number of fused-ring (bicyclic) bond motifs is 1. The van der Waals surface area contributed by atoms with E-state index in [1.54, 1.807) is 12.1 Å². The molecule has 6 heteroatoms. The SMILES string of the molecule is O=C1c2ccccc2C(=O)N1C/C=C/C(F)(F)F. The fourth-order valence-corrected chi connectivity index (χ4v) is 1.70. The molecular formula is C12H8F3NO2. The average Bonchev–Trinajstić information content (AvgIpc) is 2.53. The lowest BCUT2D eigenvalue weighted by atomic mass is 10.1. The van der Waals surface area contributed by atoms with Crippen molar-refractivity contribution in [2.75, 3.05) is 6.54 Å². The van der Waals surface area contributed by atoms with Crippen LogP contribution in [0.2, 0.25) is 0 Å². The molecule has 18 heavy (non-hydrogen) atoms. The Balaban J connectivity index is 2.17. The maximum atomic E-state index is 11.9. The lowest BCUT2D eigenvalue weighted by molar-refractivity contribution is -0.0801. The minimum Gasteiger partial charge on any atom is -0.270 e. The van der Waals surface area contributed by atoms with E-state index in [4.69, 9.17) is 0 Å². The smallest absolute Gasteiger partial charge is 0.270 e. The number of allylic oxidation sites excluding steroid dienone is 1. The Kier molecular flexibility index (Phi) is 2.94. The van der Waals surface area contributed by atoms with Crippen LogP contribution in [0.1, 0.15) is 20.7 Å². The van der Waals surface area contributed by atoms with Gasteiger partial charge in [0.1, 0.15) is 0 Å². The number of nitrogens with zero attached hydrogens (tertiary/aromatic N) is 1. The van der Waals surface area contributed by atoms with E-state index in [0.29, 0.717) is 0 Å². The summed E-state index contributed by atoms with van der Waals surface area (Å²) in [4.78, 5) is 24.3. The molecule has 3 nitrogen and oxygen atoms in total. The van der Waals surface area contributed by atoms with Gasteiger partial charge in [0.05, 0.1) is 11.1 Å². The number of amides is 2. The Hall–Kier alpha value is -2.11. The molecule has 1 heterocycles. The largest absolute Gasteiger partial charge is 0.409 e. The third-order valence-corrected chi connectivity index (χ3v) is 2.47. The van der Waals surface area contributed by atoms with E-state index in [-0.39, 0.29) is 23.7 Å². The van der Waals surface area contributed by atoms with Crippen molar-refractivity contribution in [1.82, 2.24) is 4.90 Å². The van der Waals surface area contributed by atoms with Gasteiger partial charge in [-0.15, -0.1) is 0 Å². The highest BCUT2D eigenvalue weighted by atomic mass is 19.4. The number of alkyl halides is 3. The van der Waals surface area contributed by atoms with Crippen LogP contribution < -0.4 is 0 Å². The van der Waals surface area contributed by atoms with Crippen LogP contribution in [-0.4, -0.2) is 29.4 Å². The molecule has 1 aliphatic heterocycles. The molecule has 0 N–H and O–H groups in total. The van der Waals surface area contributed by atoms with E-state index in [9.17, 15) is 22.8 Å². The lowest BCUT2D eigenvalue weighted by Crippen LogP contribution is -2.29. The van der Waals surface area contributed by atoms with Crippen molar-refractivity contribution < 1.29 is 22.8 Å². The van der Waals surface area contributed by atoms with Gasteiger partial charge in [-0.1, -0.05) is 18.2 Å². The Morgan fingerprint density at radius 2 is 1.56 bits per heavy atom. The van der Waals surface area contributed by atoms with Gasteiger partial charge in [0.2, 0.25) is 0 Å². The van der Waals surface area contributed by atoms with E-state index < -0.39 is 18.0 Å². The second-order valence-electron chi connectivity index (χ2n) is 3.71. The van der Waals surface area contributed by atoms with Gasteiger partial charge in [0.25, 0.3) is 11.8 Å². The first-order valence-corrected chi connectivity index (χ1v) is 5.10. The Morgan fingerprint density at radius 3 is 2.00 bits per heavy atom. The zero-order valence-corrected chi connectivity index (χ0v) is 9.07. The molecule has 94 valence electrons. The number of halogens is 3. The van der Waals surface area contributed by atoms with Crippen LogP contribution in [0.25, 0.3) is 0 Å². The molecule has 1 aromatic carbocycles. The number of imide groups is 1. The first kappa shape index (κ1) is 12.3. The monoisotopic (exact) mass is 255 g/mol. The summed E-state index contributed by atoms with van der Waals surface area (Å²) in [7, 11) is 0. The summed E-state index contributed by atoms with van der Waals surface area (Å²) in [6.45, 7) is -0.383. The van der Waals surface area contributed by atoms with Crippen molar-refractivity contribution >= 4 is 11.8 Å². The second kappa shape index (κ2) is 4.29. The molecule has 0 atom stereocenters. The minimum atomic E-state index is -4.45. The van der Waals surface area contributed by atoms with Crippen LogP contribution in [0.3, 0.4) is 0 Å². The van der Waals surface area contributed by atoms with Crippen LogP contribution in [0.5, 0.6) is 0 Å². The van der Waals surface area contributed by atoms with Gasteiger partial charge in [-0.05, 0) is 12.1 Å². The number of benzene rings is 1. The summed E-state index contributed by atoms with van der Waals surface area (Å²) in [5, 5.41) is 0. The van der Waals surface area contributed by atoms with Gasteiger partial charge in [0.15, 0.2) is 0 Å². The highest BCUT2D eigenvalue weighted by Crippen LogP contribution is 2.22. The molecule has 0 aromatic heterocycles. The van der Waals surface area contributed by atoms with E-state index >= 15 is 0 Å². The maximum absolute atomic E-state index is 11.9. The molecule has 2 rings (SSSR count). The van der Waals surface area contributed by atoms with Crippen molar-refractivity contribution in [1.29, 1.82) is 0 Å². The third kappa shape index (κ3) is 2.27. The first-order chi connectivity index (χ1) is 8.40. The summed E-state index contributed by atoms with van der Waals surface area (Å²) in [5.41, 5.74) is 0.450. The Labute approximate surface area is 101 Å². The van der Waals surface area contributed by atoms with E-state index in [2.05, 4.69) is 0 Å². The highest BCUT2D eigenvalue weighted by molar-refractivity contribution is 6.21. The fourth-order valence-electron chi connectivity index (χ4n) is 1.70. The zero-order chi connectivity index (χ0) is 13.3. The highest BCUT2D eigenvalue weighted by Gasteiger charge is 2.34. The Bertz CT molecular complexity index is 499. The molecular weight excluding hydrogens is 247 g/mol. The van der Waals surface area contributed by atoms with Crippen molar-refractivity contribution in [3.8, 4) is 0 Å². The van der Waals surface area contributed by atoms with Crippen molar-refractivity contribution in [2.24, 2.45) is 0 Å². The molecule has 0 saturated heterocycles. The third-order valence-electron chi connectivity index (χ3n) is 2.47. The molecule has 0 radical (unpaired) electrons. The van der Waals surface area contributed by atoms with Gasteiger partial charge in [-0.2, -0.15) is 13.2 Å². The summed E-state index contributed by atoms with van der Waals surface area (Å²) >= 11 is 0. The predicted molar refractivity (Wildman–Crippen MR) is 57.0 cm³/mol. The molecule has 1 aromatic rings. The topological polar surface area (TPSA) is 37.4 Å². The van der Waals surface area contributed by atoms with Gasteiger partial charge in [-0.25, -0.2) is 0 Å². The van der Waals surface area contributed by atoms with E-state index in [1.165, 1.54) is 12.1 Å². The van der Waals surface area contributed by atoms with Gasteiger partial charge < -0.3 is 0 Å². The fraction of sp³-hybridized carbons (Fsp3) is 0.167. The van der Waals surface area contributed by atoms with Gasteiger partial charge in [0, 0.05) is 12.6 Å². The second-order valence-corrected chi connectivity index (χ2v) is 3.71. The molecule has 0 fully saturated rings. The van der Waals surface area contributed by atoms with E-state index in [0.717, 1.165) is 11.0 Å². The standard InChI is InChI=1S/C12H8F3NO2/c13-12(14,15)6-3-7-16-10(17)8-4-1-2-5-9(8)11(16)18/h1-6H,7H2/b6-3+. The number of hydrogen-bond donors (Lipinski definition) is 0. The average molecular weight is 255 g/mol. The maximum Gasteiger partial charge on any atom is 0.409 e. The Morgan fingerprint density at radius 1 is 1.06 bits per heavy atom. The van der Waals surface area contributed by atoms with Crippen LogP contribution in [-0.2, 0) is 0 Å². The molecule has 1 aliphatic rings. The number of carbonyl (C=O) groups excluding carboxylic acids is 2. The first-order valence-electron chi connectivity index (χ1n) is 5.10. The van der Waals surface area contributed by atoms with Crippen LogP contribution in [0.4, 0.5) is 13.2 Å². The minimum absolute atomic E-state index is 0.0105. The number of rotatable bonds is 2. The number of hydrogen-bond acceptors (Lipinski definition) is 2. The van der Waals surface area contributed by atoms with E-state index in [1.807, 2.05) is 0 Å². The van der Waals surface area contributed by atoms with Gasteiger partial charge in [-0.3, -0.25) is 14.5 Å². The molecule has 0 aliphatic carbocycles. The molecule has 0 bridgehead atoms. The molecule has 0 spiro atoms. The van der Waals surface area contributed by atoms with Crippen LogP contribution >= 0.6 is 0 Å². The van der Waals surface area contributed by atoms with Crippen LogP contribution in [0.15, 0.2) is 36.4 Å². The summed E-state index contributed by atoms with van der Waals surface area (Å²) in [5.74, 6) is -1.13. The predicted octanol–water partition coefficient (Wildman–Crippen LogP) is 2.40. The summed E-state index contributed by atoms with van der Waals surface area (Å²) in [6, 6.07) is 6.14. The van der Waals surface area contributed by atoms with Crippen molar-refractivity contribution in [3.63, 3.8) is 0 Å². The van der Waals surface area contributed by atoms with Crippen molar-refractivity contribution in [2.45, 2.75) is 6.18 Å². The molecule has 0 unspecified atom stereocenters. The quantitative estimate of drug-likeness (QED) is 0.601. The number of carbonyl (C=O) groups is 2. The summed E-state index contributed by atoms with van der Waals surface area (Å²) < 4.78 is 35.7.